The van der Waals surface area contributed by atoms with E-state index in [4.69, 9.17) is 4.74 Å². The van der Waals surface area contributed by atoms with Crippen LogP contribution in [-0.2, 0) is 4.74 Å². The van der Waals surface area contributed by atoms with Crippen LogP contribution in [0.15, 0.2) is 42.5 Å². The van der Waals surface area contributed by atoms with Crippen molar-refractivity contribution in [3.8, 4) is 0 Å². The molecular weight excluding hydrogens is 252 g/mol. The summed E-state index contributed by atoms with van der Waals surface area (Å²) in [6.07, 6.45) is 4.32. The molecule has 108 valence electrons. The van der Waals surface area contributed by atoms with Gasteiger partial charge in [-0.25, -0.2) is 4.79 Å². The van der Waals surface area contributed by atoms with Crippen LogP contribution in [0.5, 0.6) is 0 Å². The van der Waals surface area contributed by atoms with Gasteiger partial charge in [-0.1, -0.05) is 51.1 Å². The molecule has 0 heterocycles. The third kappa shape index (κ3) is 2.63. The summed E-state index contributed by atoms with van der Waals surface area (Å²) in [7, 11) is 0. The van der Waals surface area contributed by atoms with Crippen molar-refractivity contribution in [2.24, 2.45) is 10.8 Å². The molecule has 20 heavy (non-hydrogen) atoms. The molecule has 0 fully saturated rings. The topological polar surface area (TPSA) is 46.5 Å². The van der Waals surface area contributed by atoms with Crippen LogP contribution in [0.4, 0.5) is 0 Å². The monoisotopic (exact) mass is 274 g/mol. The summed E-state index contributed by atoms with van der Waals surface area (Å²) in [6.45, 7) is 6.25. The maximum Gasteiger partial charge on any atom is 0.338 e. The lowest BCUT2D eigenvalue weighted by Gasteiger charge is -2.41. The summed E-state index contributed by atoms with van der Waals surface area (Å²) in [5, 5.41) is 10.4. The molecule has 0 radical (unpaired) electrons. The van der Waals surface area contributed by atoms with E-state index in [1.807, 2.05) is 13.0 Å². The molecule has 0 unspecified atom stereocenters. The second-order valence-electron chi connectivity index (χ2n) is 6.23. The zero-order valence-corrected chi connectivity index (χ0v) is 12.3. The Balaban J connectivity index is 1.96. The molecule has 1 aromatic carbocycles. The van der Waals surface area contributed by atoms with Crippen LogP contribution in [-0.4, -0.2) is 23.8 Å². The van der Waals surface area contributed by atoms with E-state index < -0.39 is 12.1 Å². The molecule has 0 saturated heterocycles. The summed E-state index contributed by atoms with van der Waals surface area (Å²) in [5.41, 5.74) is 0.101. The van der Waals surface area contributed by atoms with Crippen molar-refractivity contribution < 1.29 is 14.6 Å². The minimum atomic E-state index is -0.680. The van der Waals surface area contributed by atoms with E-state index in [0.717, 1.165) is 6.42 Å². The first-order valence-corrected chi connectivity index (χ1v) is 6.95. The van der Waals surface area contributed by atoms with Crippen LogP contribution in [0, 0.1) is 10.8 Å². The van der Waals surface area contributed by atoms with Gasteiger partial charge in [-0.05, 0) is 24.0 Å². The van der Waals surface area contributed by atoms with Gasteiger partial charge in [0.25, 0.3) is 0 Å². The molecule has 1 aliphatic carbocycles. The quantitative estimate of drug-likeness (QED) is 0.677. The number of carbonyl (C=O) groups excluding carboxylic acids is 1. The average Bonchev–Trinajstić information content (AvgIpc) is 2.71. The summed E-state index contributed by atoms with van der Waals surface area (Å²) < 4.78 is 5.24. The van der Waals surface area contributed by atoms with Crippen molar-refractivity contribution in [3.63, 3.8) is 0 Å². The molecule has 2 atom stereocenters. The summed E-state index contributed by atoms with van der Waals surface area (Å²) in [5.74, 6) is -0.392. The van der Waals surface area contributed by atoms with Crippen molar-refractivity contribution in [1.29, 1.82) is 0 Å². The number of hydrogen-bond donors (Lipinski definition) is 1. The number of rotatable bonds is 4. The smallest absolute Gasteiger partial charge is 0.338 e. The predicted molar refractivity (Wildman–Crippen MR) is 78.4 cm³/mol. The number of benzene rings is 1. The molecule has 1 N–H and O–H groups in total. The Labute approximate surface area is 120 Å². The summed E-state index contributed by atoms with van der Waals surface area (Å²) >= 11 is 0. The Morgan fingerprint density at radius 2 is 1.95 bits per heavy atom. The minimum Gasteiger partial charge on any atom is -0.459 e. The standard InChI is InChI=1S/C17H22O3/c1-16(2)10-7-11-17(16,3)14(18)12-20-15(19)13-8-5-4-6-9-13/h4-10,14,18H,11-12H2,1-3H3/t14-,17-/m1/s1. The Bertz CT molecular complexity index is 504. The molecule has 0 spiro atoms. The maximum absolute atomic E-state index is 11.9. The lowest BCUT2D eigenvalue weighted by Crippen LogP contribution is -2.44. The maximum atomic E-state index is 11.9. The molecule has 3 nitrogen and oxygen atoms in total. The Kier molecular flexibility index (Phi) is 4.00. The molecule has 2 rings (SSSR count). The number of esters is 1. The van der Waals surface area contributed by atoms with Gasteiger partial charge in [0.1, 0.15) is 6.61 Å². The molecule has 0 saturated carbocycles. The van der Waals surface area contributed by atoms with Gasteiger partial charge in [0.05, 0.1) is 11.7 Å². The Hall–Kier alpha value is -1.61. The third-order valence-electron chi connectivity index (χ3n) is 4.67. The second kappa shape index (κ2) is 5.41. The van der Waals surface area contributed by atoms with Crippen molar-refractivity contribution in [2.75, 3.05) is 6.61 Å². The molecule has 3 heteroatoms. The van der Waals surface area contributed by atoms with Gasteiger partial charge in [0.15, 0.2) is 0 Å². The Morgan fingerprint density at radius 1 is 1.30 bits per heavy atom. The highest BCUT2D eigenvalue weighted by Gasteiger charge is 2.47. The van der Waals surface area contributed by atoms with E-state index in [-0.39, 0.29) is 17.4 Å². The SMILES string of the molecule is CC1(C)C=CC[C@]1(C)[C@H](O)COC(=O)c1ccccc1. The number of aliphatic hydroxyl groups excluding tert-OH is 1. The normalized spacial score (nSPS) is 25.4. The predicted octanol–water partition coefficient (Wildman–Crippen LogP) is 3.20. The largest absolute Gasteiger partial charge is 0.459 e. The second-order valence-corrected chi connectivity index (χ2v) is 6.23. The van der Waals surface area contributed by atoms with Gasteiger partial charge in [0.2, 0.25) is 0 Å². The fourth-order valence-electron chi connectivity index (χ4n) is 2.61. The zero-order valence-electron chi connectivity index (χ0n) is 12.3. The molecule has 0 amide bonds. The van der Waals surface area contributed by atoms with Crippen LogP contribution < -0.4 is 0 Å². The first-order chi connectivity index (χ1) is 9.37. The fourth-order valence-corrected chi connectivity index (χ4v) is 2.61. The van der Waals surface area contributed by atoms with Crippen molar-refractivity contribution in [2.45, 2.75) is 33.3 Å². The lowest BCUT2D eigenvalue weighted by atomic mass is 9.65. The van der Waals surface area contributed by atoms with E-state index >= 15 is 0 Å². The highest BCUT2D eigenvalue weighted by atomic mass is 16.5. The Morgan fingerprint density at radius 3 is 2.50 bits per heavy atom. The molecule has 1 aromatic rings. The third-order valence-corrected chi connectivity index (χ3v) is 4.67. The van der Waals surface area contributed by atoms with Gasteiger partial charge < -0.3 is 9.84 Å². The van der Waals surface area contributed by atoms with E-state index in [2.05, 4.69) is 26.0 Å². The van der Waals surface area contributed by atoms with Crippen LogP contribution in [0.2, 0.25) is 0 Å². The first kappa shape index (κ1) is 14.8. The van der Waals surface area contributed by atoms with Gasteiger partial charge in [-0.15, -0.1) is 0 Å². The molecule has 0 aliphatic heterocycles. The van der Waals surface area contributed by atoms with Gasteiger partial charge in [-0.2, -0.15) is 0 Å². The van der Waals surface area contributed by atoms with E-state index in [0.29, 0.717) is 5.56 Å². The van der Waals surface area contributed by atoms with E-state index in [1.54, 1.807) is 24.3 Å². The highest BCUT2D eigenvalue weighted by Crippen LogP contribution is 2.50. The molecular formula is C17H22O3. The first-order valence-electron chi connectivity index (χ1n) is 6.95. The van der Waals surface area contributed by atoms with Crippen LogP contribution >= 0.6 is 0 Å². The van der Waals surface area contributed by atoms with Crippen molar-refractivity contribution in [1.82, 2.24) is 0 Å². The number of carbonyl (C=O) groups is 1. The molecule has 0 aromatic heterocycles. The average molecular weight is 274 g/mol. The van der Waals surface area contributed by atoms with Gasteiger partial charge >= 0.3 is 5.97 Å². The van der Waals surface area contributed by atoms with Gasteiger partial charge in [0, 0.05) is 5.41 Å². The van der Waals surface area contributed by atoms with Crippen LogP contribution in [0.3, 0.4) is 0 Å². The highest BCUT2D eigenvalue weighted by molar-refractivity contribution is 5.89. The molecule has 0 bridgehead atoms. The number of hydrogen-bond acceptors (Lipinski definition) is 3. The molecule has 1 aliphatic rings. The van der Waals surface area contributed by atoms with Crippen LogP contribution in [0.25, 0.3) is 0 Å². The lowest BCUT2D eigenvalue weighted by molar-refractivity contribution is -0.0558. The van der Waals surface area contributed by atoms with Crippen molar-refractivity contribution in [3.05, 3.63) is 48.0 Å². The number of aliphatic hydroxyl groups is 1. The summed E-state index contributed by atoms with van der Waals surface area (Å²) in [6, 6.07) is 8.84. The summed E-state index contributed by atoms with van der Waals surface area (Å²) in [4.78, 5) is 11.9. The van der Waals surface area contributed by atoms with Crippen LogP contribution in [0.1, 0.15) is 37.6 Å². The number of allylic oxidation sites excluding steroid dienone is 2. The van der Waals surface area contributed by atoms with Crippen molar-refractivity contribution >= 4 is 5.97 Å². The zero-order chi connectivity index (χ0) is 14.8. The fraction of sp³-hybridized carbons (Fsp3) is 0.471. The number of ether oxygens (including phenoxy) is 1. The van der Waals surface area contributed by atoms with E-state index in [1.165, 1.54) is 0 Å². The van der Waals surface area contributed by atoms with E-state index in [9.17, 15) is 9.90 Å². The van der Waals surface area contributed by atoms with Gasteiger partial charge in [-0.3, -0.25) is 0 Å². The minimum absolute atomic E-state index is 0.0232.